The zero-order valence-electron chi connectivity index (χ0n) is 16.6. The molecule has 0 bridgehead atoms. The van der Waals surface area contributed by atoms with Crippen molar-refractivity contribution in [3.05, 3.63) is 34.3 Å². The van der Waals surface area contributed by atoms with Crippen LogP contribution in [0.4, 0.5) is 0 Å². The number of β-amino-alcohol motifs (C(OH)–C–C–N with tert-alkyl or cyclic N) is 1. The topological polar surface area (TPSA) is 108 Å². The van der Waals surface area contributed by atoms with Crippen molar-refractivity contribution in [1.29, 1.82) is 0 Å². The number of aliphatic hydroxyl groups excluding tert-OH is 1. The standard InChI is InChI=1S/C20H27BrN4O3/c1-19(2,3)15(22)17(27)25-10-13(26)9-14(25)16-23-18(28)20(4,24-16)11-5-7-12(21)8-6-11/h5-8,13-15,26H,9-10,22H2,1-4H3,(H,23,24,28)/t13-,14?,15?,20?/m1/s1. The van der Waals surface area contributed by atoms with E-state index in [2.05, 4.69) is 26.2 Å². The number of rotatable bonds is 3. The van der Waals surface area contributed by atoms with E-state index in [1.807, 2.05) is 45.0 Å². The number of amidine groups is 1. The van der Waals surface area contributed by atoms with E-state index in [9.17, 15) is 14.7 Å². The van der Waals surface area contributed by atoms with Gasteiger partial charge in [0.2, 0.25) is 5.91 Å². The van der Waals surface area contributed by atoms with E-state index in [4.69, 9.17) is 5.73 Å². The van der Waals surface area contributed by atoms with E-state index in [-0.39, 0.29) is 18.4 Å². The van der Waals surface area contributed by atoms with Crippen LogP contribution in [0, 0.1) is 5.41 Å². The van der Waals surface area contributed by atoms with Gasteiger partial charge in [-0.25, -0.2) is 4.99 Å². The number of benzene rings is 1. The number of halogens is 1. The predicted molar refractivity (Wildman–Crippen MR) is 111 cm³/mol. The summed E-state index contributed by atoms with van der Waals surface area (Å²) in [4.78, 5) is 32.0. The SMILES string of the molecule is CC1(c2ccc(Br)cc2)N=C(C2C[C@@H](O)CN2C(=O)C(N)C(C)(C)C)NC1=O. The molecule has 0 spiro atoms. The number of carbonyl (C=O) groups is 2. The average molecular weight is 451 g/mol. The number of likely N-dealkylation sites (tertiary alicyclic amines) is 1. The second-order valence-electron chi connectivity index (χ2n) is 8.77. The molecule has 28 heavy (non-hydrogen) atoms. The van der Waals surface area contributed by atoms with Gasteiger partial charge in [-0.2, -0.15) is 0 Å². The van der Waals surface area contributed by atoms with Crippen molar-refractivity contribution in [2.24, 2.45) is 16.1 Å². The van der Waals surface area contributed by atoms with Crippen molar-refractivity contribution < 1.29 is 14.7 Å². The van der Waals surface area contributed by atoms with E-state index in [0.29, 0.717) is 12.3 Å². The number of carbonyl (C=O) groups excluding carboxylic acids is 2. The maximum Gasteiger partial charge on any atom is 0.257 e. The maximum atomic E-state index is 13.0. The number of nitrogens with one attached hydrogen (secondary N) is 1. The number of hydrogen-bond acceptors (Lipinski definition) is 5. The Morgan fingerprint density at radius 2 is 2.00 bits per heavy atom. The summed E-state index contributed by atoms with van der Waals surface area (Å²) in [5, 5.41) is 13.0. The van der Waals surface area contributed by atoms with Gasteiger partial charge in [0.15, 0.2) is 5.54 Å². The monoisotopic (exact) mass is 450 g/mol. The Bertz CT molecular complexity index is 818. The molecule has 4 N–H and O–H groups in total. The molecule has 0 radical (unpaired) electrons. The lowest BCUT2D eigenvalue weighted by molar-refractivity contribution is -0.135. The largest absolute Gasteiger partial charge is 0.391 e. The Morgan fingerprint density at radius 1 is 1.39 bits per heavy atom. The molecule has 1 aromatic carbocycles. The van der Waals surface area contributed by atoms with Gasteiger partial charge in [0.05, 0.1) is 18.2 Å². The average Bonchev–Trinajstić information content (AvgIpc) is 3.14. The molecule has 152 valence electrons. The normalized spacial score (nSPS) is 28.9. The fourth-order valence-electron chi connectivity index (χ4n) is 3.55. The highest BCUT2D eigenvalue weighted by atomic mass is 79.9. The van der Waals surface area contributed by atoms with Crippen LogP contribution in [-0.2, 0) is 15.1 Å². The van der Waals surface area contributed by atoms with Crippen LogP contribution >= 0.6 is 15.9 Å². The number of nitrogens with zero attached hydrogens (tertiary/aromatic N) is 2. The quantitative estimate of drug-likeness (QED) is 0.648. The number of aliphatic hydroxyl groups is 1. The summed E-state index contributed by atoms with van der Waals surface area (Å²) < 4.78 is 0.911. The van der Waals surface area contributed by atoms with E-state index in [1.54, 1.807) is 11.8 Å². The van der Waals surface area contributed by atoms with Gasteiger partial charge in [0.1, 0.15) is 5.84 Å². The maximum absolute atomic E-state index is 13.0. The Morgan fingerprint density at radius 3 is 2.57 bits per heavy atom. The van der Waals surface area contributed by atoms with Crippen molar-refractivity contribution >= 4 is 33.6 Å². The summed E-state index contributed by atoms with van der Waals surface area (Å²) >= 11 is 3.39. The fraction of sp³-hybridized carbons (Fsp3) is 0.550. The third-order valence-electron chi connectivity index (χ3n) is 5.51. The smallest absolute Gasteiger partial charge is 0.257 e. The fourth-order valence-corrected chi connectivity index (χ4v) is 3.82. The Balaban J connectivity index is 1.92. The molecule has 4 atom stereocenters. The second kappa shape index (κ2) is 7.24. The van der Waals surface area contributed by atoms with Crippen LogP contribution in [0.5, 0.6) is 0 Å². The lowest BCUT2D eigenvalue weighted by Crippen LogP contribution is -2.54. The zero-order valence-corrected chi connectivity index (χ0v) is 18.2. The second-order valence-corrected chi connectivity index (χ2v) is 9.69. The van der Waals surface area contributed by atoms with Gasteiger partial charge in [0.25, 0.3) is 5.91 Å². The third-order valence-corrected chi connectivity index (χ3v) is 6.04. The first-order valence-corrected chi connectivity index (χ1v) is 10.1. The Hall–Kier alpha value is -1.77. The first-order chi connectivity index (χ1) is 12.9. The number of nitrogens with two attached hydrogens (primary N) is 1. The molecule has 1 aromatic rings. The first kappa shape index (κ1) is 21.0. The van der Waals surface area contributed by atoms with Crippen LogP contribution in [0.2, 0.25) is 0 Å². The molecule has 2 aliphatic rings. The highest BCUT2D eigenvalue weighted by Crippen LogP contribution is 2.33. The lowest BCUT2D eigenvalue weighted by Gasteiger charge is -2.32. The zero-order chi connectivity index (χ0) is 20.9. The minimum atomic E-state index is -1.08. The van der Waals surface area contributed by atoms with Crippen LogP contribution in [0.15, 0.2) is 33.7 Å². The molecular weight excluding hydrogens is 424 g/mol. The minimum Gasteiger partial charge on any atom is -0.391 e. The third kappa shape index (κ3) is 3.73. The van der Waals surface area contributed by atoms with Gasteiger partial charge in [0, 0.05) is 17.4 Å². The number of hydrogen-bond donors (Lipinski definition) is 3. The van der Waals surface area contributed by atoms with E-state index in [1.165, 1.54) is 0 Å². The molecule has 1 saturated heterocycles. The van der Waals surface area contributed by atoms with Crippen molar-refractivity contribution in [3.8, 4) is 0 Å². The van der Waals surface area contributed by atoms with Gasteiger partial charge in [-0.05, 0) is 30.0 Å². The lowest BCUT2D eigenvalue weighted by atomic mass is 9.86. The van der Waals surface area contributed by atoms with E-state index < -0.39 is 29.1 Å². The number of aliphatic imine (C=N–C) groups is 1. The molecule has 0 aromatic heterocycles. The molecule has 0 aliphatic carbocycles. The first-order valence-electron chi connectivity index (χ1n) is 9.35. The molecule has 3 unspecified atom stereocenters. The molecule has 3 rings (SSSR count). The molecule has 0 saturated carbocycles. The summed E-state index contributed by atoms with van der Waals surface area (Å²) in [5.41, 5.74) is 5.42. The predicted octanol–water partition coefficient (Wildman–Crippen LogP) is 1.53. The molecular formula is C20H27BrN4O3. The van der Waals surface area contributed by atoms with Crippen LogP contribution in [0.1, 0.15) is 39.7 Å². The van der Waals surface area contributed by atoms with Crippen molar-refractivity contribution in [3.63, 3.8) is 0 Å². The van der Waals surface area contributed by atoms with Gasteiger partial charge >= 0.3 is 0 Å². The van der Waals surface area contributed by atoms with Crippen molar-refractivity contribution in [2.75, 3.05) is 6.54 Å². The van der Waals surface area contributed by atoms with E-state index in [0.717, 1.165) is 10.0 Å². The van der Waals surface area contributed by atoms with Crippen molar-refractivity contribution in [2.45, 2.75) is 57.8 Å². The van der Waals surface area contributed by atoms with Gasteiger partial charge < -0.3 is 21.1 Å². The molecule has 8 heteroatoms. The van der Waals surface area contributed by atoms with Gasteiger partial charge in [-0.15, -0.1) is 0 Å². The molecule has 1 fully saturated rings. The summed E-state index contributed by atoms with van der Waals surface area (Å²) in [6.07, 6.45) is -0.363. The van der Waals surface area contributed by atoms with Crippen LogP contribution < -0.4 is 11.1 Å². The minimum absolute atomic E-state index is 0.178. The van der Waals surface area contributed by atoms with Gasteiger partial charge in [-0.1, -0.05) is 48.8 Å². The summed E-state index contributed by atoms with van der Waals surface area (Å²) in [5.74, 6) is -0.0941. The molecule has 2 amide bonds. The van der Waals surface area contributed by atoms with Crippen LogP contribution in [-0.4, -0.2) is 52.4 Å². The van der Waals surface area contributed by atoms with E-state index >= 15 is 0 Å². The summed E-state index contributed by atoms with van der Waals surface area (Å²) in [7, 11) is 0. The van der Waals surface area contributed by atoms with Gasteiger partial charge in [-0.3, -0.25) is 9.59 Å². The van der Waals surface area contributed by atoms with Crippen LogP contribution in [0.3, 0.4) is 0 Å². The Kier molecular flexibility index (Phi) is 5.42. The molecule has 2 heterocycles. The Labute approximate surface area is 173 Å². The molecule has 7 nitrogen and oxygen atoms in total. The highest BCUT2D eigenvalue weighted by Gasteiger charge is 2.47. The summed E-state index contributed by atoms with van der Waals surface area (Å²) in [6.45, 7) is 7.62. The molecule has 2 aliphatic heterocycles. The number of amides is 2. The highest BCUT2D eigenvalue weighted by molar-refractivity contribution is 9.10. The van der Waals surface area contributed by atoms with Crippen molar-refractivity contribution in [1.82, 2.24) is 10.2 Å². The van der Waals surface area contributed by atoms with Crippen LogP contribution in [0.25, 0.3) is 0 Å². The summed E-state index contributed by atoms with van der Waals surface area (Å²) in [6, 6.07) is 6.20.